The van der Waals surface area contributed by atoms with Gasteiger partial charge in [0.25, 0.3) is 0 Å². The van der Waals surface area contributed by atoms with Crippen LogP contribution in [0.15, 0.2) is 30.3 Å². The zero-order chi connectivity index (χ0) is 24.6. The van der Waals surface area contributed by atoms with E-state index in [-0.39, 0.29) is 19.6 Å². The molecular formula is C22H37N2O7P. The van der Waals surface area contributed by atoms with E-state index in [1.54, 1.807) is 55.4 Å². The molecule has 0 aliphatic heterocycles. The number of hydrogen-bond donors (Lipinski definition) is 1. The lowest BCUT2D eigenvalue weighted by molar-refractivity contribution is -0.00532. The second-order valence-electron chi connectivity index (χ2n) is 9.01. The largest absolute Gasteiger partial charge is 0.443 e. The number of hydrazine groups is 1. The van der Waals surface area contributed by atoms with Gasteiger partial charge < -0.3 is 18.5 Å². The lowest BCUT2D eigenvalue weighted by Gasteiger charge is -2.36. The molecule has 1 rings (SSSR count). The molecule has 32 heavy (non-hydrogen) atoms. The van der Waals surface area contributed by atoms with Gasteiger partial charge in [-0.3, -0.25) is 4.57 Å². The average Bonchev–Trinajstić information content (AvgIpc) is 2.63. The first-order valence-electron chi connectivity index (χ1n) is 10.7. The summed E-state index contributed by atoms with van der Waals surface area (Å²) in [4.78, 5) is 25.7. The van der Waals surface area contributed by atoms with Gasteiger partial charge in [0.15, 0.2) is 5.78 Å². The van der Waals surface area contributed by atoms with E-state index in [4.69, 9.17) is 18.5 Å². The molecule has 1 aromatic rings. The second-order valence-corrected chi connectivity index (χ2v) is 11.2. The molecule has 0 radical (unpaired) electrons. The number of ether oxygens (including phenoxy) is 2. The minimum atomic E-state index is -3.92. The molecule has 0 fully saturated rings. The summed E-state index contributed by atoms with van der Waals surface area (Å²) >= 11 is 0. The van der Waals surface area contributed by atoms with E-state index in [9.17, 15) is 14.2 Å². The number of benzene rings is 1. The molecule has 0 heterocycles. The molecule has 2 amide bonds. The van der Waals surface area contributed by atoms with E-state index < -0.39 is 36.8 Å². The lowest BCUT2D eigenvalue weighted by Crippen LogP contribution is -2.55. The molecule has 1 aromatic carbocycles. The van der Waals surface area contributed by atoms with Crippen molar-refractivity contribution in [3.63, 3.8) is 0 Å². The maximum absolute atomic E-state index is 13.8. The zero-order valence-corrected chi connectivity index (χ0v) is 21.2. The highest BCUT2D eigenvalue weighted by Gasteiger charge is 2.45. The Morgan fingerprint density at radius 3 is 1.88 bits per heavy atom. The van der Waals surface area contributed by atoms with Gasteiger partial charge in [-0.15, -0.1) is 0 Å². The third-order valence-corrected chi connectivity index (χ3v) is 6.12. The molecule has 1 unspecified atom stereocenters. The van der Waals surface area contributed by atoms with E-state index in [1.165, 1.54) is 0 Å². The minimum Gasteiger partial charge on any atom is -0.443 e. The van der Waals surface area contributed by atoms with Crippen LogP contribution in [-0.4, -0.2) is 47.4 Å². The molecule has 0 saturated carbocycles. The van der Waals surface area contributed by atoms with E-state index in [0.29, 0.717) is 0 Å². The molecule has 182 valence electrons. The minimum absolute atomic E-state index is 0.0765. The quantitative estimate of drug-likeness (QED) is 0.394. The molecule has 0 spiro atoms. The van der Waals surface area contributed by atoms with Crippen molar-refractivity contribution in [1.29, 1.82) is 0 Å². The fourth-order valence-electron chi connectivity index (χ4n) is 2.69. The summed E-state index contributed by atoms with van der Waals surface area (Å²) in [7, 11) is -3.92. The van der Waals surface area contributed by atoms with Crippen molar-refractivity contribution >= 4 is 19.8 Å². The smallest absolute Gasteiger partial charge is 0.430 e. The Balaban J connectivity index is 3.48. The number of nitrogens with one attached hydrogen (secondary N) is 1. The van der Waals surface area contributed by atoms with Crippen LogP contribution in [0.4, 0.5) is 9.59 Å². The van der Waals surface area contributed by atoms with Gasteiger partial charge in [-0.05, 0) is 61.0 Å². The van der Waals surface area contributed by atoms with Crippen molar-refractivity contribution in [1.82, 2.24) is 10.4 Å². The summed E-state index contributed by atoms with van der Waals surface area (Å²) in [5, 5.41) is 0.860. The highest BCUT2D eigenvalue weighted by Crippen LogP contribution is 2.55. The van der Waals surface area contributed by atoms with Crippen LogP contribution in [0.1, 0.15) is 61.0 Å². The standard InChI is InChI=1S/C22H37N2O7P/c1-9-28-32(27,29-10-2)18(16-17-14-12-11-13-15-17)24(20(26)31-22(6,7)8)23-19(25)30-21(3,4)5/h11-15,18H,9-10,16H2,1-8H3,(H,23,25). The van der Waals surface area contributed by atoms with E-state index in [1.807, 2.05) is 30.3 Å². The first-order valence-corrected chi connectivity index (χ1v) is 12.3. The van der Waals surface area contributed by atoms with Crippen molar-refractivity contribution in [2.45, 2.75) is 78.8 Å². The van der Waals surface area contributed by atoms with Crippen molar-refractivity contribution in [3.8, 4) is 0 Å². The molecule has 1 N–H and O–H groups in total. The first kappa shape index (κ1) is 27.9. The molecular weight excluding hydrogens is 435 g/mol. The van der Waals surface area contributed by atoms with Crippen LogP contribution >= 0.6 is 7.60 Å². The molecule has 0 bridgehead atoms. The number of carbonyl (C=O) groups excluding carboxylic acids is 2. The zero-order valence-electron chi connectivity index (χ0n) is 20.3. The monoisotopic (exact) mass is 472 g/mol. The summed E-state index contributed by atoms with van der Waals surface area (Å²) in [6, 6.07) is 9.11. The van der Waals surface area contributed by atoms with E-state index in [2.05, 4.69) is 5.43 Å². The van der Waals surface area contributed by atoms with Gasteiger partial charge in [0.05, 0.1) is 13.2 Å². The predicted octanol–water partition coefficient (Wildman–Crippen LogP) is 5.50. The molecule has 0 aliphatic rings. The normalized spacial score (nSPS) is 13.2. The Bertz CT molecular complexity index is 778. The highest BCUT2D eigenvalue weighted by atomic mass is 31.2. The van der Waals surface area contributed by atoms with E-state index >= 15 is 0 Å². The maximum atomic E-state index is 13.8. The Kier molecular flexibility index (Phi) is 10.2. The summed E-state index contributed by atoms with van der Waals surface area (Å²) < 4.78 is 35.7. The van der Waals surface area contributed by atoms with E-state index in [0.717, 1.165) is 10.6 Å². The van der Waals surface area contributed by atoms with Crippen molar-refractivity contribution in [2.24, 2.45) is 0 Å². The molecule has 0 aromatic heterocycles. The summed E-state index contributed by atoms with van der Waals surface area (Å²) in [5.74, 6) is -1.20. The van der Waals surface area contributed by atoms with Crippen LogP contribution in [0.2, 0.25) is 0 Å². The molecule has 1 atom stereocenters. The highest BCUT2D eigenvalue weighted by molar-refractivity contribution is 7.54. The maximum Gasteiger partial charge on any atom is 0.430 e. The second kappa shape index (κ2) is 11.7. The van der Waals surface area contributed by atoms with Gasteiger partial charge in [-0.25, -0.2) is 20.0 Å². The van der Waals surface area contributed by atoms with Crippen LogP contribution in [0, 0.1) is 0 Å². The topological polar surface area (TPSA) is 103 Å². The number of hydrogen-bond acceptors (Lipinski definition) is 7. The number of nitrogens with zero attached hydrogens (tertiary/aromatic N) is 1. The van der Waals surface area contributed by atoms with Crippen molar-refractivity contribution in [3.05, 3.63) is 35.9 Å². The molecule has 10 heteroatoms. The summed E-state index contributed by atoms with van der Waals surface area (Å²) in [6.45, 7) is 13.6. The number of carbonyl (C=O) groups is 2. The molecule has 0 aliphatic carbocycles. The van der Waals surface area contributed by atoms with Crippen LogP contribution in [0.3, 0.4) is 0 Å². The third kappa shape index (κ3) is 9.59. The van der Waals surface area contributed by atoms with Gasteiger partial charge in [0.1, 0.15) is 11.2 Å². The Hall–Kier alpha value is -2.09. The van der Waals surface area contributed by atoms with Gasteiger partial charge in [-0.2, -0.15) is 0 Å². The van der Waals surface area contributed by atoms with Crippen LogP contribution < -0.4 is 5.43 Å². The fourth-order valence-corrected chi connectivity index (χ4v) is 4.70. The van der Waals surface area contributed by atoms with Crippen LogP contribution in [0.25, 0.3) is 0 Å². The Morgan fingerprint density at radius 2 is 1.44 bits per heavy atom. The predicted molar refractivity (Wildman–Crippen MR) is 122 cm³/mol. The lowest BCUT2D eigenvalue weighted by atomic mass is 10.1. The SMILES string of the molecule is CCOP(=O)(OCC)C(Cc1ccccc1)N(NC(=O)OC(C)(C)C)C(=O)OC(C)(C)C. The third-order valence-electron chi connectivity index (χ3n) is 3.74. The molecule has 0 saturated heterocycles. The summed E-state index contributed by atoms with van der Waals surface area (Å²) in [5.41, 5.74) is 1.48. The van der Waals surface area contributed by atoms with Gasteiger partial charge in [-0.1, -0.05) is 30.3 Å². The van der Waals surface area contributed by atoms with Gasteiger partial charge >= 0.3 is 19.8 Å². The van der Waals surface area contributed by atoms with Crippen molar-refractivity contribution < 1.29 is 32.7 Å². The molecule has 9 nitrogen and oxygen atoms in total. The first-order chi connectivity index (χ1) is 14.7. The average molecular weight is 473 g/mol. The van der Waals surface area contributed by atoms with Gasteiger partial charge in [0.2, 0.25) is 0 Å². The number of amides is 2. The van der Waals surface area contributed by atoms with Crippen molar-refractivity contribution in [2.75, 3.05) is 13.2 Å². The Labute approximate surface area is 191 Å². The van der Waals surface area contributed by atoms with Crippen LogP contribution in [-0.2, 0) is 29.5 Å². The summed E-state index contributed by atoms with van der Waals surface area (Å²) in [6.07, 6.45) is -1.74. The fraction of sp³-hybridized carbons (Fsp3) is 0.636. The van der Waals surface area contributed by atoms with Crippen LogP contribution in [0.5, 0.6) is 0 Å². The Morgan fingerprint density at radius 1 is 0.938 bits per heavy atom. The van der Waals surface area contributed by atoms with Gasteiger partial charge in [0, 0.05) is 6.42 Å². The number of rotatable bonds is 8.